The molecule has 2 rings (SSSR count). The molecular weight excluding hydrogens is 252 g/mol. The summed E-state index contributed by atoms with van der Waals surface area (Å²) in [6, 6.07) is 1.00. The maximum absolute atomic E-state index is 12.2. The second-order valence-corrected chi connectivity index (χ2v) is 5.45. The van der Waals surface area contributed by atoms with Gasteiger partial charge in [-0.3, -0.25) is 0 Å². The molecule has 1 unspecified atom stereocenters. The first-order chi connectivity index (χ1) is 8.50. The zero-order valence-electron chi connectivity index (χ0n) is 10.4. The van der Waals surface area contributed by atoms with Crippen LogP contribution in [0.15, 0.2) is 11.4 Å². The molecule has 0 aromatic carbocycles. The van der Waals surface area contributed by atoms with Crippen LogP contribution >= 0.6 is 11.3 Å². The van der Waals surface area contributed by atoms with Gasteiger partial charge in [-0.05, 0) is 30.4 Å². The van der Waals surface area contributed by atoms with Gasteiger partial charge in [0.05, 0.1) is 0 Å². The van der Waals surface area contributed by atoms with E-state index in [0.717, 1.165) is 6.42 Å². The van der Waals surface area contributed by atoms with Crippen molar-refractivity contribution in [3.63, 3.8) is 0 Å². The topological polar surface area (TPSA) is 60.9 Å². The van der Waals surface area contributed by atoms with Crippen LogP contribution in [0.2, 0.25) is 0 Å². The molecule has 0 radical (unpaired) electrons. The van der Waals surface area contributed by atoms with Gasteiger partial charge in [0, 0.05) is 25.0 Å². The number of carbonyl (C=O) groups is 2. The molecule has 2 amide bonds. The molecule has 1 atom stereocenters. The Morgan fingerprint density at radius 1 is 1.56 bits per heavy atom. The summed E-state index contributed by atoms with van der Waals surface area (Å²) in [5.74, 6) is -0.987. The SMILES string of the molecule is CC(C(=O)O)N(C)C(=O)N1CCc2sccc2C1. The molecule has 1 aromatic heterocycles. The van der Waals surface area contributed by atoms with Gasteiger partial charge in [0.2, 0.25) is 0 Å². The summed E-state index contributed by atoms with van der Waals surface area (Å²) in [6.07, 6.45) is 0.855. The lowest BCUT2D eigenvalue weighted by Gasteiger charge is -2.32. The number of thiophene rings is 1. The molecule has 6 heteroatoms. The zero-order chi connectivity index (χ0) is 13.3. The molecule has 0 spiro atoms. The third-order valence-electron chi connectivity index (χ3n) is 3.32. The Labute approximate surface area is 110 Å². The third-order valence-corrected chi connectivity index (χ3v) is 4.34. The molecule has 0 saturated carbocycles. The number of amides is 2. The number of likely N-dealkylation sites (N-methyl/N-ethyl adjacent to an activating group) is 1. The molecule has 0 aliphatic carbocycles. The summed E-state index contributed by atoms with van der Waals surface area (Å²) >= 11 is 1.71. The first-order valence-electron chi connectivity index (χ1n) is 5.80. The summed E-state index contributed by atoms with van der Waals surface area (Å²) in [5, 5.41) is 10.9. The lowest BCUT2D eigenvalue weighted by molar-refractivity contribution is -0.141. The fraction of sp³-hybridized carbons (Fsp3) is 0.500. The predicted molar refractivity (Wildman–Crippen MR) is 68.7 cm³/mol. The largest absolute Gasteiger partial charge is 0.480 e. The van der Waals surface area contributed by atoms with Crippen molar-refractivity contribution in [2.24, 2.45) is 0 Å². The van der Waals surface area contributed by atoms with Crippen LogP contribution in [-0.4, -0.2) is 46.5 Å². The highest BCUT2D eigenvalue weighted by Gasteiger charge is 2.28. The van der Waals surface area contributed by atoms with E-state index >= 15 is 0 Å². The molecule has 98 valence electrons. The van der Waals surface area contributed by atoms with E-state index < -0.39 is 12.0 Å². The Balaban J connectivity index is 2.05. The van der Waals surface area contributed by atoms with Gasteiger partial charge in [0.1, 0.15) is 6.04 Å². The highest BCUT2D eigenvalue weighted by Crippen LogP contribution is 2.24. The molecule has 1 N–H and O–H groups in total. The number of fused-ring (bicyclic) bond motifs is 1. The van der Waals surface area contributed by atoms with Crippen molar-refractivity contribution < 1.29 is 14.7 Å². The van der Waals surface area contributed by atoms with E-state index in [1.807, 2.05) is 11.4 Å². The number of rotatable bonds is 2. The van der Waals surface area contributed by atoms with Gasteiger partial charge < -0.3 is 14.9 Å². The molecule has 0 saturated heterocycles. The van der Waals surface area contributed by atoms with E-state index in [4.69, 9.17) is 5.11 Å². The fourth-order valence-electron chi connectivity index (χ4n) is 1.97. The summed E-state index contributed by atoms with van der Waals surface area (Å²) in [6.45, 7) is 2.75. The molecular formula is C12H16N2O3S. The van der Waals surface area contributed by atoms with Crippen molar-refractivity contribution in [2.75, 3.05) is 13.6 Å². The normalized spacial score (nSPS) is 16.0. The maximum atomic E-state index is 12.2. The number of hydrogen-bond acceptors (Lipinski definition) is 3. The standard InChI is InChI=1S/C12H16N2O3S/c1-8(11(15)16)13(2)12(17)14-5-3-10-9(7-14)4-6-18-10/h4,6,8H,3,5,7H2,1-2H3,(H,15,16). The predicted octanol–water partition coefficient (Wildman–Crippen LogP) is 1.63. The van der Waals surface area contributed by atoms with Crippen LogP contribution in [0, 0.1) is 0 Å². The molecule has 2 heterocycles. The summed E-state index contributed by atoms with van der Waals surface area (Å²) < 4.78 is 0. The lowest BCUT2D eigenvalue weighted by Crippen LogP contribution is -2.48. The van der Waals surface area contributed by atoms with Crippen LogP contribution in [0.5, 0.6) is 0 Å². The minimum Gasteiger partial charge on any atom is -0.480 e. The Morgan fingerprint density at radius 2 is 2.28 bits per heavy atom. The van der Waals surface area contributed by atoms with Gasteiger partial charge in [0.15, 0.2) is 0 Å². The van der Waals surface area contributed by atoms with E-state index in [-0.39, 0.29) is 6.03 Å². The molecule has 0 fully saturated rings. The Hall–Kier alpha value is -1.56. The van der Waals surface area contributed by atoms with Crippen molar-refractivity contribution in [2.45, 2.75) is 25.9 Å². The zero-order valence-corrected chi connectivity index (χ0v) is 11.2. The number of carboxylic acids is 1. The van der Waals surface area contributed by atoms with E-state index in [1.165, 1.54) is 29.3 Å². The molecule has 1 aliphatic rings. The highest BCUT2D eigenvalue weighted by molar-refractivity contribution is 7.10. The quantitative estimate of drug-likeness (QED) is 0.887. The van der Waals surface area contributed by atoms with Crippen molar-refractivity contribution in [1.82, 2.24) is 9.80 Å². The monoisotopic (exact) mass is 268 g/mol. The molecule has 1 aliphatic heterocycles. The van der Waals surface area contributed by atoms with Gasteiger partial charge in [-0.1, -0.05) is 0 Å². The van der Waals surface area contributed by atoms with E-state index in [0.29, 0.717) is 13.1 Å². The van der Waals surface area contributed by atoms with Crippen LogP contribution < -0.4 is 0 Å². The first-order valence-corrected chi connectivity index (χ1v) is 6.68. The summed E-state index contributed by atoms with van der Waals surface area (Å²) in [5.41, 5.74) is 1.18. The average Bonchev–Trinajstić information content (AvgIpc) is 2.82. The van der Waals surface area contributed by atoms with Crippen molar-refractivity contribution in [3.8, 4) is 0 Å². The number of urea groups is 1. The lowest BCUT2D eigenvalue weighted by atomic mass is 10.1. The minimum absolute atomic E-state index is 0.221. The number of hydrogen-bond donors (Lipinski definition) is 1. The molecule has 5 nitrogen and oxygen atoms in total. The molecule has 1 aromatic rings. The number of carbonyl (C=O) groups excluding carboxylic acids is 1. The van der Waals surface area contributed by atoms with Gasteiger partial charge in [-0.25, -0.2) is 9.59 Å². The van der Waals surface area contributed by atoms with Crippen LogP contribution in [-0.2, 0) is 17.8 Å². The fourth-order valence-corrected chi connectivity index (χ4v) is 2.86. The van der Waals surface area contributed by atoms with Gasteiger partial charge in [-0.2, -0.15) is 0 Å². The maximum Gasteiger partial charge on any atom is 0.326 e. The number of nitrogens with zero attached hydrogens (tertiary/aromatic N) is 2. The van der Waals surface area contributed by atoms with Crippen LogP contribution in [0.1, 0.15) is 17.4 Å². The minimum atomic E-state index is -0.987. The highest BCUT2D eigenvalue weighted by atomic mass is 32.1. The first kappa shape index (κ1) is 12.9. The van der Waals surface area contributed by atoms with Gasteiger partial charge >= 0.3 is 12.0 Å². The second-order valence-electron chi connectivity index (χ2n) is 4.45. The molecule has 18 heavy (non-hydrogen) atoms. The number of aliphatic carboxylic acids is 1. The van der Waals surface area contributed by atoms with Crippen molar-refractivity contribution >= 4 is 23.3 Å². The van der Waals surface area contributed by atoms with Crippen LogP contribution in [0.3, 0.4) is 0 Å². The summed E-state index contributed by atoms with van der Waals surface area (Å²) in [4.78, 5) is 27.3. The van der Waals surface area contributed by atoms with Crippen LogP contribution in [0.25, 0.3) is 0 Å². The smallest absolute Gasteiger partial charge is 0.326 e. The van der Waals surface area contributed by atoms with Gasteiger partial charge in [-0.15, -0.1) is 11.3 Å². The average molecular weight is 268 g/mol. The van der Waals surface area contributed by atoms with E-state index in [9.17, 15) is 9.59 Å². The van der Waals surface area contributed by atoms with E-state index in [2.05, 4.69) is 0 Å². The third kappa shape index (κ3) is 2.33. The van der Waals surface area contributed by atoms with Gasteiger partial charge in [0.25, 0.3) is 0 Å². The Morgan fingerprint density at radius 3 is 2.94 bits per heavy atom. The van der Waals surface area contributed by atoms with E-state index in [1.54, 1.807) is 16.2 Å². The van der Waals surface area contributed by atoms with Crippen molar-refractivity contribution in [3.05, 3.63) is 21.9 Å². The Bertz CT molecular complexity index is 472. The second kappa shape index (κ2) is 4.97. The summed E-state index contributed by atoms with van der Waals surface area (Å²) in [7, 11) is 1.53. The Kier molecular flexibility index (Phi) is 3.56. The number of carboxylic acid groups (broad SMARTS) is 1. The van der Waals surface area contributed by atoms with Crippen LogP contribution in [0.4, 0.5) is 4.79 Å². The van der Waals surface area contributed by atoms with Crippen molar-refractivity contribution in [1.29, 1.82) is 0 Å². The molecule has 0 bridgehead atoms.